The van der Waals surface area contributed by atoms with Gasteiger partial charge in [0.25, 0.3) is 11.5 Å². The van der Waals surface area contributed by atoms with Gasteiger partial charge in [-0.05, 0) is 29.8 Å². The molecule has 0 radical (unpaired) electrons. The van der Waals surface area contributed by atoms with Crippen LogP contribution in [0.5, 0.6) is 0 Å². The molecule has 1 amide bonds. The maximum atomic E-state index is 12.9. The van der Waals surface area contributed by atoms with Crippen molar-refractivity contribution in [2.45, 2.75) is 6.04 Å². The lowest BCUT2D eigenvalue weighted by molar-refractivity contribution is -0.384. The fourth-order valence-corrected chi connectivity index (χ4v) is 4.04. The number of carbonyl (C=O) groups is 2. The van der Waals surface area contributed by atoms with E-state index in [0.717, 1.165) is 16.2 Å². The van der Waals surface area contributed by atoms with Crippen LogP contribution in [0.1, 0.15) is 17.2 Å². The van der Waals surface area contributed by atoms with Crippen molar-refractivity contribution in [1.29, 1.82) is 0 Å². The van der Waals surface area contributed by atoms with E-state index in [1.165, 1.54) is 48.7 Å². The summed E-state index contributed by atoms with van der Waals surface area (Å²) in [5.74, 6) is -2.19. The van der Waals surface area contributed by atoms with Crippen molar-refractivity contribution in [3.8, 4) is 0 Å². The summed E-state index contributed by atoms with van der Waals surface area (Å²) in [5.41, 5.74) is 0.197. The molecule has 1 N–H and O–H groups in total. The number of non-ortho nitro benzene ring substituents is 1. The zero-order valence-electron chi connectivity index (χ0n) is 15.1. The lowest BCUT2D eigenvalue weighted by Gasteiger charge is -2.22. The van der Waals surface area contributed by atoms with E-state index in [9.17, 15) is 24.8 Å². The molecule has 8 nitrogen and oxygen atoms in total. The number of benzene rings is 2. The van der Waals surface area contributed by atoms with Crippen molar-refractivity contribution in [3.63, 3.8) is 0 Å². The molecule has 10 heteroatoms. The van der Waals surface area contributed by atoms with Gasteiger partial charge in [-0.1, -0.05) is 23.7 Å². The van der Waals surface area contributed by atoms with E-state index < -0.39 is 28.4 Å². The summed E-state index contributed by atoms with van der Waals surface area (Å²) in [7, 11) is 0. The largest absolute Gasteiger partial charge is 0.507 e. The second kappa shape index (κ2) is 7.69. The summed E-state index contributed by atoms with van der Waals surface area (Å²) in [6.45, 7) is 0. The minimum Gasteiger partial charge on any atom is -0.507 e. The molecule has 2 heterocycles. The first-order chi connectivity index (χ1) is 14.4. The van der Waals surface area contributed by atoms with Crippen molar-refractivity contribution in [2.24, 2.45) is 0 Å². The third kappa shape index (κ3) is 3.34. The highest BCUT2D eigenvalue weighted by Crippen LogP contribution is 2.43. The fraction of sp³-hybridized carbons (Fsp3) is 0.0500. The smallest absolute Gasteiger partial charge is 0.301 e. The van der Waals surface area contributed by atoms with Gasteiger partial charge in [-0.15, -0.1) is 11.3 Å². The van der Waals surface area contributed by atoms with Crippen molar-refractivity contribution in [1.82, 2.24) is 4.98 Å². The molecular weight excluding hydrogens is 430 g/mol. The number of aromatic nitrogens is 1. The number of aliphatic hydroxyl groups excluding tert-OH is 1. The average Bonchev–Trinajstić information content (AvgIpc) is 3.35. The van der Waals surface area contributed by atoms with E-state index in [2.05, 4.69) is 4.98 Å². The van der Waals surface area contributed by atoms with Gasteiger partial charge in [0.2, 0.25) is 0 Å². The standard InChI is InChI=1S/C20H12ClN3O5S/c21-13-6-4-11(5-7-13)17(25)15-16(12-2-1-3-14(10-12)24(28)29)23(19(27)18(15)26)20-22-8-9-30-20/h1-10,16,25H/t16-/m0/s1. The monoisotopic (exact) mass is 441 g/mol. The molecule has 1 saturated heterocycles. The van der Waals surface area contributed by atoms with Crippen LogP contribution in [0.15, 0.2) is 65.7 Å². The van der Waals surface area contributed by atoms with Crippen LogP contribution in [-0.2, 0) is 9.59 Å². The Bertz CT molecular complexity index is 1190. The van der Waals surface area contributed by atoms with Crippen LogP contribution in [0.4, 0.5) is 10.8 Å². The van der Waals surface area contributed by atoms with Crippen LogP contribution in [0.2, 0.25) is 5.02 Å². The summed E-state index contributed by atoms with van der Waals surface area (Å²) < 4.78 is 0. The minimum atomic E-state index is -1.08. The number of nitrogens with zero attached hydrogens (tertiary/aromatic N) is 3. The Labute approximate surface area is 178 Å². The number of aliphatic hydroxyl groups is 1. The van der Waals surface area contributed by atoms with Gasteiger partial charge >= 0.3 is 5.91 Å². The summed E-state index contributed by atoms with van der Waals surface area (Å²) in [4.78, 5) is 41.7. The second-order valence-corrected chi connectivity index (χ2v) is 7.65. The number of nitro benzene ring substituents is 1. The van der Waals surface area contributed by atoms with Gasteiger partial charge in [0.15, 0.2) is 5.13 Å². The van der Waals surface area contributed by atoms with E-state index >= 15 is 0 Å². The van der Waals surface area contributed by atoms with Gasteiger partial charge in [-0.25, -0.2) is 4.98 Å². The highest BCUT2D eigenvalue weighted by molar-refractivity contribution is 7.14. The third-order valence-electron chi connectivity index (χ3n) is 4.58. The molecule has 0 bridgehead atoms. The van der Waals surface area contributed by atoms with E-state index in [0.29, 0.717) is 10.6 Å². The summed E-state index contributed by atoms with van der Waals surface area (Å²) in [6, 6.07) is 10.6. The van der Waals surface area contributed by atoms with E-state index in [4.69, 9.17) is 11.6 Å². The quantitative estimate of drug-likeness (QED) is 0.212. The Morgan fingerprint density at radius 2 is 1.93 bits per heavy atom. The molecule has 1 aliphatic rings. The number of halogens is 1. The number of hydrogen-bond acceptors (Lipinski definition) is 7. The highest BCUT2D eigenvalue weighted by atomic mass is 35.5. The molecule has 0 saturated carbocycles. The molecule has 1 aliphatic heterocycles. The van der Waals surface area contributed by atoms with Crippen LogP contribution in [0, 0.1) is 10.1 Å². The molecule has 0 aliphatic carbocycles. The molecule has 0 unspecified atom stereocenters. The summed E-state index contributed by atoms with van der Waals surface area (Å²) in [6.07, 6.45) is 1.48. The topological polar surface area (TPSA) is 114 Å². The fourth-order valence-electron chi connectivity index (χ4n) is 3.25. The lowest BCUT2D eigenvalue weighted by atomic mass is 9.95. The maximum Gasteiger partial charge on any atom is 0.301 e. The van der Waals surface area contributed by atoms with Crippen LogP contribution in [-0.4, -0.2) is 26.7 Å². The predicted octanol–water partition coefficient (Wildman–Crippen LogP) is 4.33. The molecule has 1 fully saturated rings. The van der Waals surface area contributed by atoms with E-state index in [-0.39, 0.29) is 22.0 Å². The van der Waals surface area contributed by atoms with E-state index in [1.807, 2.05) is 0 Å². The SMILES string of the molecule is O=C1C(=O)N(c2nccs2)[C@@H](c2cccc([N+](=O)[O-])c2)C1=C(O)c1ccc(Cl)cc1. The normalized spacial score (nSPS) is 18.0. The first-order valence-electron chi connectivity index (χ1n) is 8.59. The van der Waals surface area contributed by atoms with Crippen LogP contribution in [0.25, 0.3) is 5.76 Å². The Hall–Kier alpha value is -3.56. The van der Waals surface area contributed by atoms with Crippen molar-refractivity contribution < 1.29 is 19.6 Å². The molecule has 0 spiro atoms. The van der Waals surface area contributed by atoms with Crippen LogP contribution < -0.4 is 4.90 Å². The zero-order valence-corrected chi connectivity index (χ0v) is 16.6. The third-order valence-corrected chi connectivity index (χ3v) is 5.61. The Kier molecular flexibility index (Phi) is 5.06. The second-order valence-electron chi connectivity index (χ2n) is 6.34. The number of thiazole rings is 1. The van der Waals surface area contributed by atoms with Crippen molar-refractivity contribution >= 4 is 51.2 Å². The number of nitro groups is 1. The molecule has 30 heavy (non-hydrogen) atoms. The highest BCUT2D eigenvalue weighted by Gasteiger charge is 2.48. The van der Waals surface area contributed by atoms with Crippen molar-refractivity contribution in [2.75, 3.05) is 4.90 Å². The summed E-state index contributed by atoms with van der Waals surface area (Å²) in [5, 5.41) is 24.5. The van der Waals surface area contributed by atoms with Gasteiger partial charge in [0, 0.05) is 34.3 Å². The molecule has 1 aromatic heterocycles. The van der Waals surface area contributed by atoms with Gasteiger partial charge in [0.05, 0.1) is 16.5 Å². The number of Topliss-reactive ketones (excluding diaryl/α,β-unsaturated/α-hetero) is 1. The zero-order chi connectivity index (χ0) is 21.4. The molecule has 4 rings (SSSR count). The maximum absolute atomic E-state index is 12.9. The van der Waals surface area contributed by atoms with Crippen LogP contribution >= 0.6 is 22.9 Å². The number of carbonyl (C=O) groups excluding carboxylic acids is 2. The Balaban J connectivity index is 1.95. The van der Waals surface area contributed by atoms with Gasteiger partial charge in [0.1, 0.15) is 5.76 Å². The average molecular weight is 442 g/mol. The molecule has 3 aromatic rings. The number of hydrogen-bond donors (Lipinski definition) is 1. The predicted molar refractivity (Wildman–Crippen MR) is 111 cm³/mol. The molecular formula is C20H12ClN3O5S. The first kappa shape index (κ1) is 19.7. The van der Waals surface area contributed by atoms with Gasteiger partial charge in [-0.2, -0.15) is 0 Å². The lowest BCUT2D eigenvalue weighted by Crippen LogP contribution is -2.29. The number of anilines is 1. The Morgan fingerprint density at radius 1 is 1.20 bits per heavy atom. The minimum absolute atomic E-state index is 0.182. The number of ketones is 1. The van der Waals surface area contributed by atoms with Gasteiger partial charge < -0.3 is 5.11 Å². The molecule has 1 atom stereocenters. The van der Waals surface area contributed by atoms with Gasteiger partial charge in [-0.3, -0.25) is 24.6 Å². The molecule has 2 aromatic carbocycles. The number of rotatable bonds is 4. The molecule has 150 valence electrons. The van der Waals surface area contributed by atoms with Crippen LogP contribution in [0.3, 0.4) is 0 Å². The Morgan fingerprint density at radius 3 is 2.57 bits per heavy atom. The number of amides is 1. The van der Waals surface area contributed by atoms with E-state index in [1.54, 1.807) is 11.4 Å². The first-order valence-corrected chi connectivity index (χ1v) is 9.85. The van der Waals surface area contributed by atoms with Crippen molar-refractivity contribution in [3.05, 3.63) is 91.9 Å². The summed E-state index contributed by atoms with van der Waals surface area (Å²) >= 11 is 7.03.